The van der Waals surface area contributed by atoms with Gasteiger partial charge in [-0.05, 0) is 23.8 Å². The van der Waals surface area contributed by atoms with E-state index in [0.717, 1.165) is 39.0 Å². The van der Waals surface area contributed by atoms with Crippen molar-refractivity contribution in [2.75, 3.05) is 11.4 Å². The molecule has 4 heterocycles. The summed E-state index contributed by atoms with van der Waals surface area (Å²) >= 11 is 1.88. The maximum Gasteiger partial charge on any atom is 0.263 e. The molecule has 0 amide bonds. The van der Waals surface area contributed by atoms with E-state index in [4.69, 9.17) is 0 Å². The molecule has 0 unspecified atom stereocenters. The van der Waals surface area contributed by atoms with Gasteiger partial charge in [-0.2, -0.15) is 4.57 Å². The molecule has 5 aromatic rings. The van der Waals surface area contributed by atoms with Crippen LogP contribution in [0.25, 0.3) is 21.9 Å². The van der Waals surface area contributed by atoms with Crippen molar-refractivity contribution in [3.05, 3.63) is 133 Å². The van der Waals surface area contributed by atoms with E-state index < -0.39 is 0 Å². The Balaban J connectivity index is 0.00000154. The summed E-state index contributed by atoms with van der Waals surface area (Å²) in [6.07, 6.45) is 17.7. The molecule has 8 heteroatoms. The zero-order valence-electron chi connectivity index (χ0n) is 22.7. The van der Waals surface area contributed by atoms with Crippen molar-refractivity contribution in [1.82, 2.24) is 0 Å². The minimum Gasteiger partial charge on any atom is -1.00 e. The monoisotopic (exact) mass is 898 g/mol. The van der Waals surface area contributed by atoms with Crippen LogP contribution in [0.2, 0.25) is 0 Å². The number of hydrogen-bond donors (Lipinski definition) is 0. The predicted octanol–water partition coefficient (Wildman–Crippen LogP) is -3.17. The average Bonchev–Trinajstić information content (AvgIpc) is 3.32. The van der Waals surface area contributed by atoms with Gasteiger partial charge in [-0.15, -0.1) is 0 Å². The maximum atomic E-state index is 2.50. The van der Waals surface area contributed by atoms with E-state index >= 15 is 0 Å². The van der Waals surface area contributed by atoms with E-state index in [0.29, 0.717) is 0 Å². The normalized spacial score (nSPS) is 12.8. The van der Waals surface area contributed by atoms with Crippen LogP contribution < -0.4 is 90.5 Å². The summed E-state index contributed by atoms with van der Waals surface area (Å²) in [5.41, 5.74) is 5.17. The van der Waals surface area contributed by atoms with Crippen molar-refractivity contribution < 1.29 is 85.6 Å². The summed E-state index contributed by atoms with van der Waals surface area (Å²) in [6.45, 7) is 3.99. The van der Waals surface area contributed by atoms with Crippen molar-refractivity contribution >= 4 is 38.9 Å². The van der Waals surface area contributed by atoms with Crippen molar-refractivity contribution in [3.8, 4) is 0 Å². The van der Waals surface area contributed by atoms with E-state index in [-0.39, 0.29) is 71.9 Å². The van der Waals surface area contributed by atoms with Crippen LogP contribution in [0, 0.1) is 0 Å². The van der Waals surface area contributed by atoms with E-state index in [1.807, 2.05) is 11.3 Å². The third-order valence-electron chi connectivity index (χ3n) is 7.04. The second kappa shape index (κ2) is 16.7. The first-order valence-corrected chi connectivity index (χ1v) is 14.2. The number of aryl methyl sites for hydroxylation is 3. The predicted molar refractivity (Wildman–Crippen MR) is 155 cm³/mol. The number of para-hydroxylation sites is 2. The number of hydrogen-bond acceptors (Lipinski definition) is 2. The quantitative estimate of drug-likeness (QED) is 0.113. The number of nitrogens with zero attached hydrogens (tertiary/aromatic N) is 4. The third kappa shape index (κ3) is 8.35. The number of allylic oxidation sites excluding steroid dienone is 2. The molecule has 0 spiro atoms. The van der Waals surface area contributed by atoms with Gasteiger partial charge >= 0.3 is 0 Å². The number of aromatic nitrogens is 3. The Kier molecular flexibility index (Phi) is 13.7. The molecule has 41 heavy (non-hydrogen) atoms. The number of anilines is 1. The summed E-state index contributed by atoms with van der Waals surface area (Å²) in [7, 11) is 0. The van der Waals surface area contributed by atoms with Gasteiger partial charge in [0.25, 0.3) is 5.01 Å². The zero-order valence-corrected chi connectivity index (χ0v) is 30.0. The first-order chi connectivity index (χ1) is 18.8. The summed E-state index contributed by atoms with van der Waals surface area (Å²) in [5, 5.41) is 1.30. The fourth-order valence-electron chi connectivity index (χ4n) is 5.16. The Morgan fingerprint density at radius 3 is 2.02 bits per heavy atom. The lowest BCUT2D eigenvalue weighted by Crippen LogP contribution is -3.00. The number of fused-ring (bicyclic) bond motifs is 2. The van der Waals surface area contributed by atoms with Gasteiger partial charge in [-0.3, -0.25) is 0 Å². The molecule has 1 aliphatic heterocycles. The molecule has 1 aliphatic rings. The second-order valence-electron chi connectivity index (χ2n) is 9.62. The number of thiazole rings is 1. The Morgan fingerprint density at radius 2 is 1.29 bits per heavy atom. The summed E-state index contributed by atoms with van der Waals surface area (Å²) in [6, 6.07) is 30.1. The molecule has 4 nitrogen and oxygen atoms in total. The Morgan fingerprint density at radius 1 is 0.659 bits per heavy atom. The molecule has 0 atom stereocenters. The molecule has 0 bridgehead atoms. The van der Waals surface area contributed by atoms with E-state index in [1.54, 1.807) is 0 Å². The molecular formula is C33H33I3N4S. The van der Waals surface area contributed by atoms with Crippen molar-refractivity contribution in [1.29, 1.82) is 0 Å². The average molecular weight is 898 g/mol. The van der Waals surface area contributed by atoms with Crippen LogP contribution in [0.3, 0.4) is 0 Å². The minimum atomic E-state index is 0. The van der Waals surface area contributed by atoms with Gasteiger partial charge in [-0.1, -0.05) is 53.8 Å². The van der Waals surface area contributed by atoms with Crippen LogP contribution in [0.4, 0.5) is 5.69 Å². The van der Waals surface area contributed by atoms with Crippen LogP contribution >= 0.6 is 11.3 Å². The molecule has 0 radical (unpaired) electrons. The topological polar surface area (TPSA) is 14.9 Å². The second-order valence-corrected chi connectivity index (χ2v) is 10.7. The fourth-order valence-corrected chi connectivity index (χ4v) is 6.30. The highest BCUT2D eigenvalue weighted by Gasteiger charge is 2.22. The van der Waals surface area contributed by atoms with Crippen LogP contribution in [-0.2, 0) is 19.6 Å². The van der Waals surface area contributed by atoms with Gasteiger partial charge in [0.2, 0.25) is 5.52 Å². The lowest BCUT2D eigenvalue weighted by Gasteiger charge is -2.27. The smallest absolute Gasteiger partial charge is 0.263 e. The van der Waals surface area contributed by atoms with E-state index in [9.17, 15) is 0 Å². The molecule has 0 saturated carbocycles. The van der Waals surface area contributed by atoms with Gasteiger partial charge in [0.05, 0.1) is 6.42 Å². The largest absolute Gasteiger partial charge is 1.00 e. The summed E-state index contributed by atoms with van der Waals surface area (Å²) in [4.78, 5) is 2.40. The Hall–Kier alpha value is -1.90. The molecule has 212 valence electrons. The standard InChI is InChI=1S/C33H33N4S.3HI/c1-7-18-34(19-8-1)22-11-24-36-26-17-28(29-13-3-4-14-30(29)36)27-33-37(31-15-5-6-16-32(31)38-33)25-12-23-35-20-9-2-10-21-35;;;/h1-10,13-21,26-27H,11-12,22-25H2;3*1H/q+3;;;/p-3. The Bertz CT molecular complexity index is 1590. The molecule has 0 aliphatic carbocycles. The van der Waals surface area contributed by atoms with Crippen LogP contribution in [0.1, 0.15) is 23.4 Å². The lowest BCUT2D eigenvalue weighted by molar-refractivity contribution is -0.716. The molecule has 0 fully saturated rings. The van der Waals surface area contributed by atoms with Gasteiger partial charge in [0.1, 0.15) is 11.2 Å². The molecule has 0 N–H and O–H groups in total. The number of pyridine rings is 2. The molecule has 3 aromatic heterocycles. The van der Waals surface area contributed by atoms with Gasteiger partial charge in [-0.25, -0.2) is 9.13 Å². The van der Waals surface area contributed by atoms with Gasteiger partial charge < -0.3 is 76.8 Å². The number of benzene rings is 2. The molecule has 2 aromatic carbocycles. The highest BCUT2D eigenvalue weighted by Crippen LogP contribution is 2.35. The van der Waals surface area contributed by atoms with Crippen LogP contribution in [0.15, 0.2) is 122 Å². The van der Waals surface area contributed by atoms with Crippen molar-refractivity contribution in [2.24, 2.45) is 0 Å². The third-order valence-corrected chi connectivity index (χ3v) is 8.15. The van der Waals surface area contributed by atoms with Crippen LogP contribution in [0.5, 0.6) is 0 Å². The maximum absolute atomic E-state index is 2.50. The fraction of sp³-hybridized carbons (Fsp3) is 0.182. The van der Waals surface area contributed by atoms with Crippen LogP contribution in [-0.4, -0.2) is 6.54 Å². The zero-order chi connectivity index (χ0) is 25.6. The molecule has 6 rings (SSSR count). The van der Waals surface area contributed by atoms with Gasteiger partial charge in [0.15, 0.2) is 37.9 Å². The SMILES string of the molecule is C1=CN(CCC[n+]2ccccc2)c2ccccc2/C1=C/c1sc2ccccc2[n+]1CCC[n+]1ccccc1.[I-].[I-].[I-]. The summed E-state index contributed by atoms with van der Waals surface area (Å²) < 4.78 is 8.34. The van der Waals surface area contributed by atoms with Crippen molar-refractivity contribution in [2.45, 2.75) is 32.5 Å². The number of rotatable bonds is 9. The first kappa shape index (κ1) is 33.6. The summed E-state index contributed by atoms with van der Waals surface area (Å²) in [5.74, 6) is 0. The van der Waals surface area contributed by atoms with E-state index in [2.05, 4.69) is 147 Å². The van der Waals surface area contributed by atoms with Crippen molar-refractivity contribution in [3.63, 3.8) is 0 Å². The lowest BCUT2D eigenvalue weighted by atomic mass is 9.99. The Labute approximate surface area is 298 Å². The first-order valence-electron chi connectivity index (χ1n) is 13.4. The van der Waals surface area contributed by atoms with Gasteiger partial charge in [0, 0.05) is 66.8 Å². The highest BCUT2D eigenvalue weighted by molar-refractivity contribution is 7.18. The molecule has 0 saturated heterocycles. The molecular weight excluding hydrogens is 865 g/mol. The number of halogens is 3. The highest BCUT2D eigenvalue weighted by atomic mass is 127. The minimum absolute atomic E-state index is 0. The van der Waals surface area contributed by atoms with E-state index in [1.165, 1.54) is 32.0 Å².